The summed E-state index contributed by atoms with van der Waals surface area (Å²) in [6.45, 7) is 5.44. The van der Waals surface area contributed by atoms with Gasteiger partial charge in [0, 0.05) is 48.0 Å². The summed E-state index contributed by atoms with van der Waals surface area (Å²) in [5.41, 5.74) is 3.60. The Bertz CT molecular complexity index is 1340. The lowest BCUT2D eigenvalue weighted by atomic mass is 10.2. The van der Waals surface area contributed by atoms with E-state index in [1.165, 1.54) is 5.69 Å². The van der Waals surface area contributed by atoms with Crippen molar-refractivity contribution >= 4 is 45.6 Å². The van der Waals surface area contributed by atoms with Crippen LogP contribution in [0.2, 0.25) is 5.02 Å². The highest BCUT2D eigenvalue weighted by Gasteiger charge is 2.19. The van der Waals surface area contributed by atoms with Gasteiger partial charge in [0.15, 0.2) is 6.61 Å². The molecule has 178 valence electrons. The average molecular weight is 487 g/mol. The van der Waals surface area contributed by atoms with E-state index in [0.29, 0.717) is 16.5 Å². The lowest BCUT2D eigenvalue weighted by Gasteiger charge is -2.36. The Kier molecular flexibility index (Phi) is 6.73. The Morgan fingerprint density at radius 1 is 0.943 bits per heavy atom. The number of carbonyl (C=O) groups is 1. The van der Waals surface area contributed by atoms with Crippen LogP contribution in [0.3, 0.4) is 0 Å². The summed E-state index contributed by atoms with van der Waals surface area (Å²) in [7, 11) is 0. The van der Waals surface area contributed by atoms with Gasteiger partial charge in [-0.1, -0.05) is 48.0 Å². The van der Waals surface area contributed by atoms with Crippen LogP contribution < -0.4 is 19.9 Å². The smallest absolute Gasteiger partial charge is 0.262 e. The quantitative estimate of drug-likeness (QED) is 0.387. The number of benzene rings is 3. The molecular formula is C28H27ClN4O2. The summed E-state index contributed by atoms with van der Waals surface area (Å²) in [5.74, 6) is 1.25. The Hall–Kier alpha value is -3.77. The predicted octanol–water partition coefficient (Wildman–Crippen LogP) is 5.54. The molecule has 2 heterocycles. The first kappa shape index (κ1) is 23.0. The van der Waals surface area contributed by atoms with E-state index in [2.05, 4.69) is 51.5 Å². The van der Waals surface area contributed by atoms with E-state index in [9.17, 15) is 4.79 Å². The number of amides is 1. The zero-order valence-electron chi connectivity index (χ0n) is 19.6. The fraction of sp³-hybridized carbons (Fsp3) is 0.214. The summed E-state index contributed by atoms with van der Waals surface area (Å²) in [4.78, 5) is 22.1. The lowest BCUT2D eigenvalue weighted by Crippen LogP contribution is -2.46. The number of anilines is 3. The van der Waals surface area contributed by atoms with Gasteiger partial charge in [-0.15, -0.1) is 0 Å². The Morgan fingerprint density at radius 3 is 2.49 bits per heavy atom. The molecule has 1 saturated heterocycles. The lowest BCUT2D eigenvalue weighted by molar-refractivity contribution is -0.118. The maximum Gasteiger partial charge on any atom is 0.262 e. The highest BCUT2D eigenvalue weighted by molar-refractivity contribution is 6.31. The minimum Gasteiger partial charge on any atom is -0.481 e. The molecule has 0 saturated carbocycles. The first-order valence-corrected chi connectivity index (χ1v) is 12.1. The van der Waals surface area contributed by atoms with Crippen LogP contribution >= 0.6 is 11.6 Å². The number of hydrogen-bond acceptors (Lipinski definition) is 5. The van der Waals surface area contributed by atoms with Crippen LogP contribution in [-0.4, -0.2) is 43.7 Å². The summed E-state index contributed by atoms with van der Waals surface area (Å²) >= 11 is 6.16. The van der Waals surface area contributed by atoms with Gasteiger partial charge in [-0.2, -0.15) is 0 Å². The highest BCUT2D eigenvalue weighted by atomic mass is 35.5. The summed E-state index contributed by atoms with van der Waals surface area (Å²) in [6.07, 6.45) is 0. The third kappa shape index (κ3) is 5.33. The van der Waals surface area contributed by atoms with Gasteiger partial charge >= 0.3 is 0 Å². The number of pyridine rings is 1. The van der Waals surface area contributed by atoms with Gasteiger partial charge in [0.2, 0.25) is 0 Å². The molecule has 6 nitrogen and oxygen atoms in total. The topological polar surface area (TPSA) is 57.7 Å². The zero-order chi connectivity index (χ0) is 24.2. The second-order valence-electron chi connectivity index (χ2n) is 8.61. The second-order valence-corrected chi connectivity index (χ2v) is 9.01. The predicted molar refractivity (Wildman–Crippen MR) is 143 cm³/mol. The van der Waals surface area contributed by atoms with Gasteiger partial charge in [-0.3, -0.25) is 4.79 Å². The van der Waals surface area contributed by atoms with E-state index in [1.807, 2.05) is 43.3 Å². The molecule has 1 N–H and O–H groups in total. The highest BCUT2D eigenvalue weighted by Crippen LogP contribution is 2.28. The molecule has 0 radical (unpaired) electrons. The zero-order valence-corrected chi connectivity index (χ0v) is 20.3. The third-order valence-electron chi connectivity index (χ3n) is 6.21. The van der Waals surface area contributed by atoms with Crippen molar-refractivity contribution in [2.75, 3.05) is 47.9 Å². The van der Waals surface area contributed by atoms with Crippen LogP contribution in [-0.2, 0) is 4.79 Å². The number of aryl methyl sites for hydroxylation is 1. The maximum absolute atomic E-state index is 12.5. The van der Waals surface area contributed by atoms with Crippen LogP contribution in [0.4, 0.5) is 17.2 Å². The largest absolute Gasteiger partial charge is 0.481 e. The van der Waals surface area contributed by atoms with Crippen molar-refractivity contribution in [1.82, 2.24) is 4.98 Å². The first-order valence-electron chi connectivity index (χ1n) is 11.7. The number of fused-ring (bicyclic) bond motifs is 1. The van der Waals surface area contributed by atoms with Crippen LogP contribution in [0.25, 0.3) is 10.9 Å². The number of nitrogens with zero attached hydrogens (tertiary/aromatic N) is 3. The van der Waals surface area contributed by atoms with E-state index < -0.39 is 0 Å². The number of ether oxygens (including phenoxy) is 1. The van der Waals surface area contributed by atoms with E-state index in [4.69, 9.17) is 21.3 Å². The van der Waals surface area contributed by atoms with Gasteiger partial charge in [-0.25, -0.2) is 4.98 Å². The normalized spacial score (nSPS) is 13.7. The SMILES string of the molecule is Cc1ccc(NC(=O)COc2cccc3ccc(N4CCN(c5ccccc5)CC4)nc23)cc1Cl. The number of hydrogen-bond donors (Lipinski definition) is 1. The van der Waals surface area contributed by atoms with E-state index in [1.54, 1.807) is 6.07 Å². The maximum atomic E-state index is 12.5. The molecule has 0 aliphatic carbocycles. The number of nitrogens with one attached hydrogen (secondary N) is 1. The van der Waals surface area contributed by atoms with Crippen LogP contribution in [0.15, 0.2) is 78.9 Å². The molecule has 0 bridgehead atoms. The molecule has 1 aliphatic rings. The number of halogens is 1. The van der Waals surface area contributed by atoms with Crippen molar-refractivity contribution in [3.8, 4) is 5.75 Å². The molecule has 3 aromatic carbocycles. The molecule has 1 aliphatic heterocycles. The molecule has 1 amide bonds. The number of carbonyl (C=O) groups excluding carboxylic acids is 1. The van der Waals surface area contributed by atoms with Crippen molar-refractivity contribution in [2.24, 2.45) is 0 Å². The molecule has 4 aromatic rings. The van der Waals surface area contributed by atoms with Gasteiger partial charge in [-0.05, 0) is 55.0 Å². The number of rotatable bonds is 6. The van der Waals surface area contributed by atoms with Gasteiger partial charge in [0.1, 0.15) is 17.1 Å². The molecule has 5 rings (SSSR count). The van der Waals surface area contributed by atoms with Crippen LogP contribution in [0.1, 0.15) is 5.56 Å². The third-order valence-corrected chi connectivity index (χ3v) is 6.62. The van der Waals surface area contributed by atoms with Crippen molar-refractivity contribution in [3.05, 3.63) is 89.4 Å². The molecule has 0 spiro atoms. The molecule has 1 fully saturated rings. The fourth-order valence-corrected chi connectivity index (χ4v) is 4.43. The standard InChI is InChI=1S/C28H27ClN4O2/c1-20-10-12-22(18-24(20)29)30-27(34)19-35-25-9-5-6-21-11-13-26(31-28(21)25)33-16-14-32(15-17-33)23-7-3-2-4-8-23/h2-13,18H,14-17,19H2,1H3,(H,30,34). The molecule has 0 unspecified atom stereocenters. The average Bonchev–Trinajstić information content (AvgIpc) is 2.90. The van der Waals surface area contributed by atoms with Crippen LogP contribution in [0.5, 0.6) is 5.75 Å². The molecule has 0 atom stereocenters. The summed E-state index contributed by atoms with van der Waals surface area (Å²) in [6, 6.07) is 25.8. The first-order chi connectivity index (χ1) is 17.1. The van der Waals surface area contributed by atoms with Crippen molar-refractivity contribution in [3.63, 3.8) is 0 Å². The molecule has 1 aromatic heterocycles. The Balaban J connectivity index is 1.26. The van der Waals surface area contributed by atoms with Gasteiger partial charge < -0.3 is 19.9 Å². The molecular weight excluding hydrogens is 460 g/mol. The molecule has 35 heavy (non-hydrogen) atoms. The van der Waals surface area contributed by atoms with Gasteiger partial charge in [0.25, 0.3) is 5.91 Å². The van der Waals surface area contributed by atoms with Crippen molar-refractivity contribution in [1.29, 1.82) is 0 Å². The fourth-order valence-electron chi connectivity index (χ4n) is 4.25. The van der Waals surface area contributed by atoms with E-state index >= 15 is 0 Å². The van der Waals surface area contributed by atoms with E-state index in [-0.39, 0.29) is 12.5 Å². The molecule has 7 heteroatoms. The Labute approximate surface area is 210 Å². The number of para-hydroxylation sites is 2. The summed E-state index contributed by atoms with van der Waals surface area (Å²) < 4.78 is 5.89. The minimum atomic E-state index is -0.255. The van der Waals surface area contributed by atoms with E-state index in [0.717, 1.165) is 48.5 Å². The van der Waals surface area contributed by atoms with Gasteiger partial charge in [0.05, 0.1) is 0 Å². The van der Waals surface area contributed by atoms with Crippen molar-refractivity contribution in [2.45, 2.75) is 6.92 Å². The Morgan fingerprint density at radius 2 is 1.71 bits per heavy atom. The monoisotopic (exact) mass is 486 g/mol. The second kappa shape index (κ2) is 10.2. The number of piperazine rings is 1. The van der Waals surface area contributed by atoms with Crippen LogP contribution in [0, 0.1) is 6.92 Å². The number of aromatic nitrogens is 1. The van der Waals surface area contributed by atoms with Crippen molar-refractivity contribution < 1.29 is 9.53 Å². The summed E-state index contributed by atoms with van der Waals surface area (Å²) in [5, 5.41) is 4.41. The minimum absolute atomic E-state index is 0.119.